The molecule has 288 valence electrons. The molecule has 3 heterocycles. The molecule has 14 nitrogen and oxygen atoms in total. The van der Waals surface area contributed by atoms with E-state index in [2.05, 4.69) is 20.7 Å². The molecule has 15 heteroatoms. The van der Waals surface area contributed by atoms with Crippen LogP contribution in [0.3, 0.4) is 0 Å². The van der Waals surface area contributed by atoms with E-state index >= 15 is 0 Å². The molecule has 7 rings (SSSR count). The summed E-state index contributed by atoms with van der Waals surface area (Å²) in [6.07, 6.45) is 8.45. The van der Waals surface area contributed by atoms with E-state index in [4.69, 9.17) is 9.47 Å². The highest BCUT2D eigenvalue weighted by Crippen LogP contribution is 2.46. The average molecular weight is 762 g/mol. The largest absolute Gasteiger partial charge is 0.494 e. The van der Waals surface area contributed by atoms with Crippen molar-refractivity contribution in [1.29, 1.82) is 0 Å². The molecule has 2 aromatic rings. The molecule has 2 saturated carbocycles. The fourth-order valence-electron chi connectivity index (χ4n) is 7.52. The van der Waals surface area contributed by atoms with Crippen molar-refractivity contribution < 1.29 is 41.9 Å². The highest BCUT2D eigenvalue weighted by atomic mass is 32.2. The van der Waals surface area contributed by atoms with Gasteiger partial charge in [0.2, 0.25) is 21.8 Å². The summed E-state index contributed by atoms with van der Waals surface area (Å²) in [5, 5.41) is 7.94. The van der Waals surface area contributed by atoms with Gasteiger partial charge >= 0.3 is 6.09 Å². The smallest absolute Gasteiger partial charge is 0.407 e. The van der Waals surface area contributed by atoms with Gasteiger partial charge in [-0.05, 0) is 93.2 Å². The average Bonchev–Trinajstić information content (AvgIpc) is 4.08. The monoisotopic (exact) mass is 761 g/mol. The van der Waals surface area contributed by atoms with E-state index in [1.165, 1.54) is 4.90 Å². The van der Waals surface area contributed by atoms with Gasteiger partial charge in [-0.1, -0.05) is 49.3 Å². The third-order valence-electron chi connectivity index (χ3n) is 10.8. The minimum Gasteiger partial charge on any atom is -0.494 e. The van der Waals surface area contributed by atoms with Crippen molar-refractivity contribution in [3.05, 3.63) is 66.2 Å². The Morgan fingerprint density at radius 2 is 1.59 bits per heavy atom. The molecule has 5 atom stereocenters. The van der Waals surface area contributed by atoms with E-state index in [9.17, 15) is 32.4 Å². The van der Waals surface area contributed by atoms with Crippen molar-refractivity contribution >= 4 is 39.7 Å². The molecule has 0 spiro atoms. The summed E-state index contributed by atoms with van der Waals surface area (Å²) in [7, 11) is -3.90. The van der Waals surface area contributed by atoms with Crippen LogP contribution in [0, 0.1) is 5.92 Å². The number of amides is 5. The van der Waals surface area contributed by atoms with Gasteiger partial charge in [0.1, 0.15) is 23.4 Å². The zero-order valence-electron chi connectivity index (χ0n) is 30.1. The molecular formula is C39H47N5O9S. The second-order valence-corrected chi connectivity index (χ2v) is 16.9. The number of hydrogen-bond acceptors (Lipinski definition) is 9. The Morgan fingerprint density at radius 1 is 0.852 bits per heavy atom. The van der Waals surface area contributed by atoms with Crippen molar-refractivity contribution in [1.82, 2.24) is 25.6 Å². The number of carbonyl (C=O) groups is 5. The molecule has 2 aromatic carbocycles. The fraction of sp³-hybridized carbons (Fsp3) is 0.513. The van der Waals surface area contributed by atoms with Crippen LogP contribution < -0.4 is 25.4 Å². The lowest BCUT2D eigenvalue weighted by Crippen LogP contribution is -2.58. The van der Waals surface area contributed by atoms with Gasteiger partial charge in [-0.2, -0.15) is 0 Å². The van der Waals surface area contributed by atoms with Crippen molar-refractivity contribution in [2.45, 2.75) is 99.5 Å². The minimum atomic E-state index is -3.90. The van der Waals surface area contributed by atoms with Crippen molar-refractivity contribution in [2.75, 3.05) is 19.8 Å². The van der Waals surface area contributed by atoms with E-state index in [0.717, 1.165) is 24.0 Å². The summed E-state index contributed by atoms with van der Waals surface area (Å²) >= 11 is 0. The number of sulfonamides is 1. The van der Waals surface area contributed by atoms with E-state index in [1.807, 2.05) is 42.5 Å². The first-order chi connectivity index (χ1) is 26.0. The number of nitrogens with one attached hydrogen (secondary N) is 4. The van der Waals surface area contributed by atoms with Gasteiger partial charge < -0.3 is 30.3 Å². The molecular weight excluding hydrogens is 715 g/mol. The summed E-state index contributed by atoms with van der Waals surface area (Å²) in [6.45, 7) is 0.473. The molecule has 4 N–H and O–H groups in total. The SMILES string of the molecule is O=C1N[C@H]2CCCCCC=C[C@@H]3C[C@@]3(C(=O)NS(=O)(=O)C3CC3)NC(=O)[C@@H]3C[C@H](CN3C2=O)NC(=O)c2cccc(c2)-c2cccc(c2)OCCCCO1. The Hall–Kier alpha value is -4.92. The summed E-state index contributed by atoms with van der Waals surface area (Å²) < 4.78 is 39.2. The zero-order chi connectivity index (χ0) is 37.9. The Balaban J connectivity index is 1.19. The molecule has 2 aliphatic carbocycles. The van der Waals surface area contributed by atoms with Gasteiger partial charge in [0, 0.05) is 24.1 Å². The van der Waals surface area contributed by atoms with Gasteiger partial charge in [0.25, 0.3) is 11.8 Å². The first-order valence-corrected chi connectivity index (χ1v) is 20.5. The summed E-state index contributed by atoms with van der Waals surface area (Å²) in [5.74, 6) is -2.14. The molecule has 0 radical (unpaired) electrons. The van der Waals surface area contributed by atoms with Gasteiger partial charge in [0.15, 0.2) is 0 Å². The van der Waals surface area contributed by atoms with Crippen LogP contribution in [-0.2, 0) is 29.1 Å². The van der Waals surface area contributed by atoms with Crippen LogP contribution in [-0.4, -0.2) is 91.7 Å². The molecule has 1 saturated heterocycles. The molecule has 0 unspecified atom stereocenters. The van der Waals surface area contributed by atoms with Crippen LogP contribution in [0.25, 0.3) is 11.1 Å². The zero-order valence-corrected chi connectivity index (χ0v) is 30.9. The van der Waals surface area contributed by atoms with E-state index in [0.29, 0.717) is 62.9 Å². The van der Waals surface area contributed by atoms with Crippen LogP contribution in [0.1, 0.15) is 81.0 Å². The van der Waals surface area contributed by atoms with E-state index < -0.39 is 74.6 Å². The Bertz CT molecular complexity index is 1930. The van der Waals surface area contributed by atoms with Gasteiger partial charge in [-0.3, -0.25) is 23.9 Å². The number of carbonyl (C=O) groups excluding carboxylic acids is 5. The molecule has 54 heavy (non-hydrogen) atoms. The van der Waals surface area contributed by atoms with Crippen molar-refractivity contribution in [3.8, 4) is 16.9 Å². The first kappa shape index (κ1) is 37.4. The number of ether oxygens (including phenoxy) is 2. The summed E-state index contributed by atoms with van der Waals surface area (Å²) in [6, 6.07) is 11.9. The quantitative estimate of drug-likeness (QED) is 0.340. The van der Waals surface area contributed by atoms with E-state index in [-0.39, 0.29) is 26.0 Å². The van der Waals surface area contributed by atoms with Crippen LogP contribution in [0.15, 0.2) is 60.7 Å². The molecule has 3 aliphatic heterocycles. The summed E-state index contributed by atoms with van der Waals surface area (Å²) in [4.78, 5) is 70.4. The standard InChI is InChI=1S/C39H47N5O9S/c45-34-27-12-8-10-25(20-27)26-11-9-14-30(21-26)52-18-6-7-19-53-38(49)41-32-15-5-3-1-2-4-13-28-23-39(28,37(48)43-54(50,51)31-16-17-31)42-35(46)33-22-29(40-34)24-44(33)36(32)47/h4,8-14,20-21,28-29,31-33H,1-3,5-7,15-19,22-24H2,(H,40,45)(H,41,49)(H,42,46)(H,43,48)/t28-,29-,32+,33+,39-/m1/s1. The fourth-order valence-corrected chi connectivity index (χ4v) is 8.89. The third-order valence-corrected chi connectivity index (χ3v) is 12.7. The number of allylic oxidation sites excluding steroid dienone is 1. The second kappa shape index (κ2) is 15.8. The Kier molecular flexibility index (Phi) is 11.0. The number of fused-ring (bicyclic) bond motifs is 8. The van der Waals surface area contributed by atoms with Gasteiger partial charge in [0.05, 0.1) is 18.5 Å². The lowest BCUT2D eigenvalue weighted by atomic mass is 10.0. The number of benzene rings is 2. The number of rotatable bonds is 3. The van der Waals surface area contributed by atoms with Crippen LogP contribution in [0.2, 0.25) is 0 Å². The molecule has 5 aliphatic rings. The Morgan fingerprint density at radius 3 is 2.39 bits per heavy atom. The lowest BCUT2D eigenvalue weighted by Gasteiger charge is -2.30. The highest BCUT2D eigenvalue weighted by Gasteiger charge is 2.62. The van der Waals surface area contributed by atoms with Crippen molar-refractivity contribution in [2.24, 2.45) is 5.92 Å². The number of alkyl carbamates (subject to hydrolysis) is 1. The number of hydrogen-bond donors (Lipinski definition) is 4. The predicted molar refractivity (Wildman–Crippen MR) is 198 cm³/mol. The van der Waals surface area contributed by atoms with Gasteiger partial charge in [-0.25, -0.2) is 13.2 Å². The molecule has 0 aromatic heterocycles. The Labute approximate surface area is 314 Å². The second-order valence-electron chi connectivity index (χ2n) is 14.9. The number of cyclic esters (lactones) is 1. The minimum absolute atomic E-state index is 0.0259. The predicted octanol–water partition coefficient (Wildman–Crippen LogP) is 3.32. The first-order valence-electron chi connectivity index (χ1n) is 18.9. The van der Waals surface area contributed by atoms with Crippen LogP contribution in [0.4, 0.5) is 4.79 Å². The highest BCUT2D eigenvalue weighted by molar-refractivity contribution is 7.91. The molecule has 5 amide bonds. The van der Waals surface area contributed by atoms with Gasteiger partial charge in [-0.15, -0.1) is 0 Å². The van der Waals surface area contributed by atoms with E-state index in [1.54, 1.807) is 18.2 Å². The third kappa shape index (κ3) is 8.56. The molecule has 7 bridgehead atoms. The van der Waals surface area contributed by atoms with Crippen LogP contribution in [0.5, 0.6) is 5.75 Å². The molecule has 3 fully saturated rings. The number of nitrogens with zero attached hydrogens (tertiary/aromatic N) is 1. The maximum atomic E-state index is 14.4. The topological polar surface area (TPSA) is 189 Å². The lowest BCUT2D eigenvalue weighted by molar-refractivity contribution is -0.141. The maximum Gasteiger partial charge on any atom is 0.407 e. The maximum absolute atomic E-state index is 14.4. The van der Waals surface area contributed by atoms with Crippen molar-refractivity contribution in [3.63, 3.8) is 0 Å². The normalized spacial score (nSPS) is 28.3. The summed E-state index contributed by atoms with van der Waals surface area (Å²) in [5.41, 5.74) is 0.517. The van der Waals surface area contributed by atoms with Crippen LogP contribution >= 0.6 is 0 Å².